The van der Waals surface area contributed by atoms with E-state index in [0.717, 1.165) is 11.0 Å². The normalized spacial score (nSPS) is 11.6. The van der Waals surface area contributed by atoms with Crippen LogP contribution in [-0.2, 0) is 6.42 Å². The van der Waals surface area contributed by atoms with Crippen molar-refractivity contribution in [2.24, 2.45) is 5.73 Å². The second-order valence-electron chi connectivity index (χ2n) is 4.18. The minimum absolute atomic E-state index is 0.363. The molecule has 2 aromatic rings. The van der Waals surface area contributed by atoms with Crippen molar-refractivity contribution in [3.63, 3.8) is 0 Å². The van der Waals surface area contributed by atoms with Crippen LogP contribution >= 0.6 is 15.9 Å². The Morgan fingerprint density at radius 1 is 1.44 bits per heavy atom. The molecule has 0 amide bonds. The Morgan fingerprint density at radius 2 is 2.19 bits per heavy atom. The highest BCUT2D eigenvalue weighted by molar-refractivity contribution is 9.10. The molecule has 0 aliphatic rings. The van der Waals surface area contributed by atoms with E-state index in [1.165, 1.54) is 16.5 Å². The maximum atomic E-state index is 5.63. The van der Waals surface area contributed by atoms with Gasteiger partial charge in [-0.25, -0.2) is 0 Å². The fourth-order valence-corrected chi connectivity index (χ4v) is 2.60. The SMILES string of the molecule is CC(C)n1nc(Br)c2c(CCN)cccc21. The molecule has 0 aliphatic heterocycles. The van der Waals surface area contributed by atoms with E-state index in [0.29, 0.717) is 12.6 Å². The van der Waals surface area contributed by atoms with E-state index >= 15 is 0 Å². The van der Waals surface area contributed by atoms with E-state index in [-0.39, 0.29) is 0 Å². The summed E-state index contributed by atoms with van der Waals surface area (Å²) < 4.78 is 2.96. The van der Waals surface area contributed by atoms with Crippen molar-refractivity contribution in [2.45, 2.75) is 26.3 Å². The second-order valence-corrected chi connectivity index (χ2v) is 4.93. The standard InChI is InChI=1S/C12H16BrN3/c1-8(2)16-10-5-3-4-9(6-7-14)11(10)12(13)15-16/h3-5,8H,6-7,14H2,1-2H3. The molecule has 16 heavy (non-hydrogen) atoms. The van der Waals surface area contributed by atoms with E-state index in [9.17, 15) is 0 Å². The monoisotopic (exact) mass is 281 g/mol. The van der Waals surface area contributed by atoms with Gasteiger partial charge in [0.15, 0.2) is 0 Å². The Bertz CT molecular complexity index is 502. The molecule has 4 heteroatoms. The molecule has 86 valence electrons. The molecule has 0 unspecified atom stereocenters. The molecule has 0 bridgehead atoms. The van der Waals surface area contributed by atoms with E-state index in [1.54, 1.807) is 0 Å². The molecule has 0 aliphatic carbocycles. The smallest absolute Gasteiger partial charge is 0.136 e. The van der Waals surface area contributed by atoms with Crippen molar-refractivity contribution in [3.05, 3.63) is 28.4 Å². The molecule has 0 fully saturated rings. The zero-order chi connectivity index (χ0) is 11.7. The molecule has 2 N–H and O–H groups in total. The third kappa shape index (κ3) is 1.87. The van der Waals surface area contributed by atoms with Gasteiger partial charge in [-0.3, -0.25) is 4.68 Å². The minimum Gasteiger partial charge on any atom is -0.330 e. The van der Waals surface area contributed by atoms with Crippen LogP contribution in [0.5, 0.6) is 0 Å². The van der Waals surface area contributed by atoms with Crippen LogP contribution in [0.2, 0.25) is 0 Å². The summed E-state index contributed by atoms with van der Waals surface area (Å²) in [6.07, 6.45) is 0.889. The first kappa shape index (κ1) is 11.6. The Morgan fingerprint density at radius 3 is 2.81 bits per heavy atom. The van der Waals surface area contributed by atoms with Crippen LogP contribution < -0.4 is 5.73 Å². The van der Waals surface area contributed by atoms with Crippen LogP contribution in [0.3, 0.4) is 0 Å². The Hall–Kier alpha value is -0.870. The zero-order valence-electron chi connectivity index (χ0n) is 9.57. The molecule has 0 saturated heterocycles. The van der Waals surface area contributed by atoms with Gasteiger partial charge in [-0.05, 0) is 54.4 Å². The van der Waals surface area contributed by atoms with Crippen LogP contribution in [0.25, 0.3) is 10.9 Å². The molecular formula is C12H16BrN3. The van der Waals surface area contributed by atoms with Crippen molar-refractivity contribution >= 4 is 26.8 Å². The first-order chi connectivity index (χ1) is 7.65. The number of benzene rings is 1. The predicted molar refractivity (Wildman–Crippen MR) is 70.6 cm³/mol. The molecule has 0 saturated carbocycles. The van der Waals surface area contributed by atoms with Crippen molar-refractivity contribution in [3.8, 4) is 0 Å². The number of fused-ring (bicyclic) bond motifs is 1. The summed E-state index contributed by atoms with van der Waals surface area (Å²) in [6.45, 7) is 4.93. The lowest BCUT2D eigenvalue weighted by atomic mass is 10.1. The summed E-state index contributed by atoms with van der Waals surface area (Å²) in [5.41, 5.74) is 8.06. The Kier molecular flexibility index (Phi) is 3.30. The summed E-state index contributed by atoms with van der Waals surface area (Å²) in [5, 5.41) is 5.72. The molecule has 2 rings (SSSR count). The van der Waals surface area contributed by atoms with Crippen molar-refractivity contribution in [1.82, 2.24) is 9.78 Å². The van der Waals surface area contributed by atoms with Crippen molar-refractivity contribution in [1.29, 1.82) is 0 Å². The van der Waals surface area contributed by atoms with Gasteiger partial charge in [0.2, 0.25) is 0 Å². The number of nitrogens with zero attached hydrogens (tertiary/aromatic N) is 2. The molecule has 1 aromatic carbocycles. The lowest BCUT2D eigenvalue weighted by Crippen LogP contribution is -2.04. The maximum absolute atomic E-state index is 5.63. The van der Waals surface area contributed by atoms with Gasteiger partial charge in [-0.2, -0.15) is 5.10 Å². The van der Waals surface area contributed by atoms with E-state index in [1.807, 2.05) is 4.68 Å². The van der Waals surface area contributed by atoms with Gasteiger partial charge in [0.1, 0.15) is 4.60 Å². The third-order valence-corrected chi connectivity index (χ3v) is 3.24. The van der Waals surface area contributed by atoms with E-state index in [4.69, 9.17) is 5.73 Å². The van der Waals surface area contributed by atoms with Crippen molar-refractivity contribution < 1.29 is 0 Å². The van der Waals surface area contributed by atoms with Gasteiger partial charge in [0, 0.05) is 11.4 Å². The highest BCUT2D eigenvalue weighted by atomic mass is 79.9. The predicted octanol–water partition coefficient (Wildman–Crippen LogP) is 2.88. The quantitative estimate of drug-likeness (QED) is 0.940. The van der Waals surface area contributed by atoms with Gasteiger partial charge in [0.05, 0.1) is 5.52 Å². The fourth-order valence-electron chi connectivity index (χ4n) is 1.97. The topological polar surface area (TPSA) is 43.8 Å². The van der Waals surface area contributed by atoms with Gasteiger partial charge >= 0.3 is 0 Å². The number of aromatic nitrogens is 2. The largest absolute Gasteiger partial charge is 0.330 e. The summed E-state index contributed by atoms with van der Waals surface area (Å²) in [4.78, 5) is 0. The lowest BCUT2D eigenvalue weighted by molar-refractivity contribution is 0.548. The van der Waals surface area contributed by atoms with Crippen LogP contribution in [0, 0.1) is 0 Å². The number of halogens is 1. The number of rotatable bonds is 3. The Balaban J connectivity index is 2.69. The van der Waals surface area contributed by atoms with Gasteiger partial charge in [0.25, 0.3) is 0 Å². The van der Waals surface area contributed by atoms with Gasteiger partial charge in [-0.1, -0.05) is 12.1 Å². The maximum Gasteiger partial charge on any atom is 0.136 e. The number of hydrogen-bond acceptors (Lipinski definition) is 2. The third-order valence-electron chi connectivity index (χ3n) is 2.68. The average Bonchev–Trinajstić information content (AvgIpc) is 2.58. The zero-order valence-corrected chi connectivity index (χ0v) is 11.2. The van der Waals surface area contributed by atoms with Crippen LogP contribution in [0.4, 0.5) is 0 Å². The summed E-state index contributed by atoms with van der Waals surface area (Å²) in [5.74, 6) is 0. The van der Waals surface area contributed by atoms with Crippen LogP contribution in [-0.4, -0.2) is 16.3 Å². The first-order valence-corrected chi connectivity index (χ1v) is 6.30. The molecule has 0 spiro atoms. The first-order valence-electron chi connectivity index (χ1n) is 5.50. The minimum atomic E-state index is 0.363. The van der Waals surface area contributed by atoms with Gasteiger partial charge in [-0.15, -0.1) is 0 Å². The summed E-state index contributed by atoms with van der Waals surface area (Å²) in [7, 11) is 0. The second kappa shape index (κ2) is 4.55. The average molecular weight is 282 g/mol. The van der Waals surface area contributed by atoms with Crippen LogP contribution in [0.1, 0.15) is 25.5 Å². The fraction of sp³-hybridized carbons (Fsp3) is 0.417. The molecule has 0 atom stereocenters. The summed E-state index contributed by atoms with van der Waals surface area (Å²) >= 11 is 3.53. The molecule has 1 aromatic heterocycles. The van der Waals surface area contributed by atoms with E-state index in [2.05, 4.69) is 53.1 Å². The molecule has 3 nitrogen and oxygen atoms in total. The molecule has 1 heterocycles. The molecular weight excluding hydrogens is 266 g/mol. The van der Waals surface area contributed by atoms with Crippen molar-refractivity contribution in [2.75, 3.05) is 6.54 Å². The van der Waals surface area contributed by atoms with Crippen LogP contribution in [0.15, 0.2) is 22.8 Å². The lowest BCUT2D eigenvalue weighted by Gasteiger charge is -2.07. The Labute approximate surface area is 104 Å². The number of nitrogens with two attached hydrogens (primary N) is 1. The number of hydrogen-bond donors (Lipinski definition) is 1. The highest BCUT2D eigenvalue weighted by Gasteiger charge is 2.13. The van der Waals surface area contributed by atoms with Gasteiger partial charge < -0.3 is 5.73 Å². The van der Waals surface area contributed by atoms with E-state index < -0.39 is 0 Å². The highest BCUT2D eigenvalue weighted by Crippen LogP contribution is 2.28. The summed E-state index contributed by atoms with van der Waals surface area (Å²) in [6, 6.07) is 6.65. The molecule has 0 radical (unpaired) electrons.